The molecule has 0 bridgehead atoms. The summed E-state index contributed by atoms with van der Waals surface area (Å²) in [6.45, 7) is 0. The van der Waals surface area contributed by atoms with E-state index in [4.69, 9.17) is 11.5 Å². The van der Waals surface area contributed by atoms with Crippen molar-refractivity contribution in [3.05, 3.63) is 65.2 Å². The molecule has 0 aromatic heterocycles. The molecule has 5 heteroatoms. The molecule has 106 valence electrons. The second kappa shape index (κ2) is 5.54. The lowest BCUT2D eigenvalue weighted by molar-refractivity contribution is -0.137. The maximum Gasteiger partial charge on any atom is 0.416 e. The maximum atomic E-state index is 12.5. The van der Waals surface area contributed by atoms with Gasteiger partial charge in [-0.3, -0.25) is 0 Å². The van der Waals surface area contributed by atoms with Gasteiger partial charge in [-0.25, -0.2) is 0 Å². The summed E-state index contributed by atoms with van der Waals surface area (Å²) in [6, 6.07) is 11.9. The predicted octanol–water partition coefficient (Wildman–Crippen LogP) is 3.53. The summed E-state index contributed by atoms with van der Waals surface area (Å²) >= 11 is 0. The van der Waals surface area contributed by atoms with Crippen LogP contribution in [0.1, 0.15) is 22.7 Å². The molecule has 0 aliphatic carbocycles. The first kappa shape index (κ1) is 14.4. The lowest BCUT2D eigenvalue weighted by Crippen LogP contribution is -2.14. The largest absolute Gasteiger partial charge is 0.416 e. The van der Waals surface area contributed by atoms with Crippen molar-refractivity contribution in [2.24, 2.45) is 5.73 Å². The average Bonchev–Trinajstić information content (AvgIpc) is 2.40. The highest BCUT2D eigenvalue weighted by Crippen LogP contribution is 2.30. The van der Waals surface area contributed by atoms with Crippen molar-refractivity contribution in [3.8, 4) is 0 Å². The third-order valence-electron chi connectivity index (χ3n) is 3.10. The van der Waals surface area contributed by atoms with Crippen molar-refractivity contribution in [2.75, 3.05) is 5.73 Å². The molecule has 0 radical (unpaired) electrons. The number of hydrogen-bond acceptors (Lipinski definition) is 2. The molecule has 0 saturated heterocycles. The normalized spacial score (nSPS) is 13.2. The summed E-state index contributed by atoms with van der Waals surface area (Å²) in [5, 5.41) is 0. The van der Waals surface area contributed by atoms with Gasteiger partial charge in [0, 0.05) is 11.7 Å². The fourth-order valence-electron chi connectivity index (χ4n) is 1.94. The second-order valence-electron chi connectivity index (χ2n) is 4.67. The van der Waals surface area contributed by atoms with Gasteiger partial charge in [0.2, 0.25) is 0 Å². The molecule has 2 aromatic rings. The predicted molar refractivity (Wildman–Crippen MR) is 72.9 cm³/mol. The zero-order valence-corrected chi connectivity index (χ0v) is 10.7. The van der Waals surface area contributed by atoms with Crippen LogP contribution in [0.3, 0.4) is 0 Å². The Morgan fingerprint density at radius 3 is 1.95 bits per heavy atom. The van der Waals surface area contributed by atoms with Crippen molar-refractivity contribution < 1.29 is 13.2 Å². The third-order valence-corrected chi connectivity index (χ3v) is 3.10. The maximum absolute atomic E-state index is 12.5. The number of benzene rings is 2. The number of hydrogen-bond donors (Lipinski definition) is 2. The highest BCUT2D eigenvalue weighted by molar-refractivity contribution is 5.39. The first-order valence-electron chi connectivity index (χ1n) is 6.13. The number of halogens is 3. The van der Waals surface area contributed by atoms with Gasteiger partial charge >= 0.3 is 6.18 Å². The van der Waals surface area contributed by atoms with E-state index in [0.29, 0.717) is 17.7 Å². The molecule has 0 spiro atoms. The number of anilines is 1. The third kappa shape index (κ3) is 3.51. The topological polar surface area (TPSA) is 52.0 Å². The highest BCUT2D eigenvalue weighted by Gasteiger charge is 2.30. The van der Waals surface area contributed by atoms with Crippen LogP contribution in [0.4, 0.5) is 18.9 Å². The zero-order valence-electron chi connectivity index (χ0n) is 10.7. The Hall–Kier alpha value is -2.01. The number of nitrogens with two attached hydrogens (primary N) is 2. The molecule has 2 aromatic carbocycles. The van der Waals surface area contributed by atoms with Crippen LogP contribution in [-0.4, -0.2) is 0 Å². The molecule has 1 unspecified atom stereocenters. The van der Waals surface area contributed by atoms with Crippen molar-refractivity contribution in [1.82, 2.24) is 0 Å². The molecule has 2 nitrogen and oxygen atoms in total. The standard InChI is InChI=1S/C15H15F3N2/c16-15(17,18)12-5-3-11(4-6-12)14(20)9-10-1-7-13(19)8-2-10/h1-8,14H,9,19-20H2. The van der Waals surface area contributed by atoms with Crippen LogP contribution in [-0.2, 0) is 12.6 Å². The Morgan fingerprint density at radius 1 is 0.900 bits per heavy atom. The minimum Gasteiger partial charge on any atom is -0.399 e. The van der Waals surface area contributed by atoms with Crippen LogP contribution in [0.5, 0.6) is 0 Å². The van der Waals surface area contributed by atoms with E-state index >= 15 is 0 Å². The Bertz CT molecular complexity index is 559. The SMILES string of the molecule is Nc1ccc(CC(N)c2ccc(C(F)(F)F)cc2)cc1. The van der Waals surface area contributed by atoms with Gasteiger partial charge in [-0.2, -0.15) is 13.2 Å². The number of alkyl halides is 3. The van der Waals surface area contributed by atoms with Gasteiger partial charge in [0.1, 0.15) is 0 Å². The lowest BCUT2D eigenvalue weighted by atomic mass is 9.98. The van der Waals surface area contributed by atoms with Crippen LogP contribution in [0, 0.1) is 0 Å². The summed E-state index contributed by atoms with van der Waals surface area (Å²) in [6.07, 6.45) is -3.77. The summed E-state index contributed by atoms with van der Waals surface area (Å²) in [5.41, 5.74) is 13.3. The molecule has 0 heterocycles. The molecule has 0 fully saturated rings. The van der Waals surface area contributed by atoms with Gasteiger partial charge in [0.15, 0.2) is 0 Å². The van der Waals surface area contributed by atoms with E-state index < -0.39 is 11.7 Å². The van der Waals surface area contributed by atoms with Crippen LogP contribution in [0.2, 0.25) is 0 Å². The molecule has 0 aliphatic rings. The fourth-order valence-corrected chi connectivity index (χ4v) is 1.94. The van der Waals surface area contributed by atoms with Gasteiger partial charge in [-0.1, -0.05) is 24.3 Å². The van der Waals surface area contributed by atoms with E-state index in [2.05, 4.69) is 0 Å². The van der Waals surface area contributed by atoms with Crippen LogP contribution >= 0.6 is 0 Å². The summed E-state index contributed by atoms with van der Waals surface area (Å²) in [4.78, 5) is 0. The Balaban J connectivity index is 2.09. The Labute approximate surface area is 115 Å². The van der Waals surface area contributed by atoms with Gasteiger partial charge < -0.3 is 11.5 Å². The van der Waals surface area contributed by atoms with Crippen molar-refractivity contribution >= 4 is 5.69 Å². The highest BCUT2D eigenvalue weighted by atomic mass is 19.4. The van der Waals surface area contributed by atoms with E-state index in [1.807, 2.05) is 12.1 Å². The molecule has 1 atom stereocenters. The van der Waals surface area contributed by atoms with E-state index in [-0.39, 0.29) is 6.04 Å². The molecular weight excluding hydrogens is 265 g/mol. The molecular formula is C15H15F3N2. The van der Waals surface area contributed by atoms with Crippen molar-refractivity contribution in [2.45, 2.75) is 18.6 Å². The number of rotatable bonds is 3. The van der Waals surface area contributed by atoms with E-state index in [1.165, 1.54) is 12.1 Å². The quantitative estimate of drug-likeness (QED) is 0.845. The average molecular weight is 280 g/mol. The molecule has 0 aliphatic heterocycles. The van der Waals surface area contributed by atoms with E-state index in [0.717, 1.165) is 17.7 Å². The molecule has 0 saturated carbocycles. The minimum absolute atomic E-state index is 0.346. The zero-order chi connectivity index (χ0) is 14.8. The second-order valence-corrected chi connectivity index (χ2v) is 4.67. The van der Waals surface area contributed by atoms with Crippen LogP contribution in [0.25, 0.3) is 0 Å². The van der Waals surface area contributed by atoms with E-state index in [1.54, 1.807) is 12.1 Å². The summed E-state index contributed by atoms with van der Waals surface area (Å²) in [7, 11) is 0. The number of nitrogen functional groups attached to an aromatic ring is 1. The molecule has 20 heavy (non-hydrogen) atoms. The van der Waals surface area contributed by atoms with Gasteiger partial charge in [0.25, 0.3) is 0 Å². The van der Waals surface area contributed by atoms with Crippen molar-refractivity contribution in [1.29, 1.82) is 0 Å². The first-order valence-corrected chi connectivity index (χ1v) is 6.13. The molecule has 4 N–H and O–H groups in total. The summed E-state index contributed by atoms with van der Waals surface area (Å²) in [5.74, 6) is 0. The minimum atomic E-state index is -4.32. The van der Waals surface area contributed by atoms with Crippen LogP contribution < -0.4 is 11.5 Å². The monoisotopic (exact) mass is 280 g/mol. The first-order chi connectivity index (χ1) is 9.36. The van der Waals surface area contributed by atoms with Gasteiger partial charge in [-0.05, 0) is 41.8 Å². The Morgan fingerprint density at radius 2 is 1.45 bits per heavy atom. The molecule has 2 rings (SSSR count). The van der Waals surface area contributed by atoms with Crippen LogP contribution in [0.15, 0.2) is 48.5 Å². The molecule has 0 amide bonds. The smallest absolute Gasteiger partial charge is 0.399 e. The Kier molecular flexibility index (Phi) is 3.99. The van der Waals surface area contributed by atoms with Gasteiger partial charge in [-0.15, -0.1) is 0 Å². The fraction of sp³-hybridized carbons (Fsp3) is 0.200. The van der Waals surface area contributed by atoms with Crippen molar-refractivity contribution in [3.63, 3.8) is 0 Å². The lowest BCUT2D eigenvalue weighted by Gasteiger charge is -2.14. The van der Waals surface area contributed by atoms with Gasteiger partial charge in [0.05, 0.1) is 5.56 Å². The van der Waals surface area contributed by atoms with E-state index in [9.17, 15) is 13.2 Å². The summed E-state index contributed by atoms with van der Waals surface area (Å²) < 4.78 is 37.4.